The molecule has 7 heteroatoms. The van der Waals surface area contributed by atoms with Gasteiger partial charge >= 0.3 is 0 Å². The van der Waals surface area contributed by atoms with Gasteiger partial charge in [-0.1, -0.05) is 36.4 Å². The van der Waals surface area contributed by atoms with Crippen molar-refractivity contribution in [2.75, 3.05) is 5.73 Å². The van der Waals surface area contributed by atoms with Crippen molar-refractivity contribution >= 4 is 11.7 Å². The Balaban J connectivity index is 1.81. The van der Waals surface area contributed by atoms with Crippen molar-refractivity contribution in [2.45, 2.75) is 13.2 Å². The number of rotatable bonds is 6. The van der Waals surface area contributed by atoms with Gasteiger partial charge in [0.1, 0.15) is 12.4 Å². The number of ether oxygens (including phenoxy) is 1. The van der Waals surface area contributed by atoms with E-state index >= 15 is 0 Å². The second-order valence-electron chi connectivity index (χ2n) is 5.97. The molecular formula is C20H20N4O3. The number of nitrogens with zero attached hydrogens (tertiary/aromatic N) is 2. The zero-order valence-corrected chi connectivity index (χ0v) is 14.9. The van der Waals surface area contributed by atoms with Gasteiger partial charge < -0.3 is 20.4 Å². The van der Waals surface area contributed by atoms with Crippen LogP contribution >= 0.6 is 0 Å². The molecule has 3 N–H and O–H groups in total. The van der Waals surface area contributed by atoms with Crippen LogP contribution in [0.3, 0.4) is 0 Å². The topological polar surface area (TPSA) is 99.2 Å². The fourth-order valence-corrected chi connectivity index (χ4v) is 2.60. The molecule has 0 aliphatic heterocycles. The zero-order valence-electron chi connectivity index (χ0n) is 14.9. The highest BCUT2D eigenvalue weighted by Crippen LogP contribution is 2.15. The SMILES string of the molecule is Cn1ccc(=O)c(OCc2ccccc2)c1C(=O)NCc1cccnc1N. The van der Waals surface area contributed by atoms with Crippen LogP contribution in [0, 0.1) is 0 Å². The summed E-state index contributed by atoms with van der Waals surface area (Å²) < 4.78 is 7.26. The van der Waals surface area contributed by atoms with Gasteiger partial charge in [-0.2, -0.15) is 0 Å². The lowest BCUT2D eigenvalue weighted by Gasteiger charge is -2.15. The molecule has 0 unspecified atom stereocenters. The molecule has 0 spiro atoms. The number of carbonyl (C=O) groups excluding carboxylic acids is 1. The minimum atomic E-state index is -0.429. The molecule has 138 valence electrons. The van der Waals surface area contributed by atoms with E-state index in [2.05, 4.69) is 10.3 Å². The van der Waals surface area contributed by atoms with Crippen LogP contribution in [0.2, 0.25) is 0 Å². The molecule has 0 aliphatic carbocycles. The fourth-order valence-electron chi connectivity index (χ4n) is 2.60. The molecule has 0 saturated heterocycles. The van der Waals surface area contributed by atoms with Crippen molar-refractivity contribution in [1.82, 2.24) is 14.9 Å². The van der Waals surface area contributed by atoms with Gasteiger partial charge in [-0.3, -0.25) is 9.59 Å². The van der Waals surface area contributed by atoms with E-state index in [0.717, 1.165) is 5.56 Å². The van der Waals surface area contributed by atoms with Gasteiger partial charge in [0, 0.05) is 37.6 Å². The summed E-state index contributed by atoms with van der Waals surface area (Å²) >= 11 is 0. The summed E-state index contributed by atoms with van der Waals surface area (Å²) in [5.74, 6) is -0.0673. The summed E-state index contributed by atoms with van der Waals surface area (Å²) in [4.78, 5) is 29.0. The highest BCUT2D eigenvalue weighted by atomic mass is 16.5. The molecule has 0 fully saturated rings. The van der Waals surface area contributed by atoms with Crippen LogP contribution in [0.5, 0.6) is 5.75 Å². The zero-order chi connectivity index (χ0) is 19.2. The van der Waals surface area contributed by atoms with Crippen molar-refractivity contribution < 1.29 is 9.53 Å². The summed E-state index contributed by atoms with van der Waals surface area (Å²) in [5, 5.41) is 2.76. The summed E-state index contributed by atoms with van der Waals surface area (Å²) in [5.41, 5.74) is 7.19. The van der Waals surface area contributed by atoms with Crippen LogP contribution in [-0.4, -0.2) is 15.5 Å². The van der Waals surface area contributed by atoms with E-state index in [1.54, 1.807) is 29.9 Å². The Morgan fingerprint density at radius 3 is 2.70 bits per heavy atom. The number of aromatic nitrogens is 2. The smallest absolute Gasteiger partial charge is 0.272 e. The third-order valence-electron chi connectivity index (χ3n) is 4.05. The Morgan fingerprint density at radius 2 is 1.96 bits per heavy atom. The second-order valence-corrected chi connectivity index (χ2v) is 5.97. The van der Waals surface area contributed by atoms with E-state index < -0.39 is 5.91 Å². The molecule has 2 heterocycles. The molecular weight excluding hydrogens is 344 g/mol. The quantitative estimate of drug-likeness (QED) is 0.696. The highest BCUT2D eigenvalue weighted by molar-refractivity contribution is 5.95. The molecule has 0 radical (unpaired) electrons. The average Bonchev–Trinajstić information content (AvgIpc) is 2.68. The van der Waals surface area contributed by atoms with Gasteiger partial charge in [0.05, 0.1) is 0 Å². The van der Waals surface area contributed by atoms with Gasteiger partial charge in [-0.05, 0) is 11.6 Å². The Morgan fingerprint density at radius 1 is 1.19 bits per heavy atom. The number of amides is 1. The van der Waals surface area contributed by atoms with Crippen LogP contribution in [0.1, 0.15) is 21.6 Å². The van der Waals surface area contributed by atoms with E-state index in [4.69, 9.17) is 10.5 Å². The number of carbonyl (C=O) groups is 1. The van der Waals surface area contributed by atoms with E-state index in [1.807, 2.05) is 30.3 Å². The molecule has 0 bridgehead atoms. The molecule has 7 nitrogen and oxygen atoms in total. The maximum Gasteiger partial charge on any atom is 0.272 e. The normalized spacial score (nSPS) is 10.4. The summed E-state index contributed by atoms with van der Waals surface area (Å²) in [7, 11) is 1.68. The van der Waals surface area contributed by atoms with Crippen LogP contribution < -0.4 is 21.2 Å². The lowest BCUT2D eigenvalue weighted by Crippen LogP contribution is -2.29. The Hall–Kier alpha value is -3.61. The Labute approximate surface area is 156 Å². The highest BCUT2D eigenvalue weighted by Gasteiger charge is 2.19. The summed E-state index contributed by atoms with van der Waals surface area (Å²) in [6.45, 7) is 0.385. The van der Waals surface area contributed by atoms with Gasteiger partial charge in [-0.15, -0.1) is 0 Å². The van der Waals surface area contributed by atoms with Crippen molar-refractivity contribution in [3.63, 3.8) is 0 Å². The number of benzene rings is 1. The lowest BCUT2D eigenvalue weighted by atomic mass is 10.2. The van der Waals surface area contributed by atoms with E-state index in [9.17, 15) is 9.59 Å². The first-order chi connectivity index (χ1) is 13.1. The van der Waals surface area contributed by atoms with Crippen molar-refractivity contribution in [3.05, 3.63) is 88.0 Å². The molecule has 0 atom stereocenters. The van der Waals surface area contributed by atoms with Crippen LogP contribution in [0.15, 0.2) is 65.7 Å². The predicted molar refractivity (Wildman–Crippen MR) is 102 cm³/mol. The van der Waals surface area contributed by atoms with Crippen molar-refractivity contribution in [2.24, 2.45) is 7.05 Å². The number of nitrogen functional groups attached to an aromatic ring is 1. The van der Waals surface area contributed by atoms with E-state index in [1.165, 1.54) is 12.3 Å². The molecule has 27 heavy (non-hydrogen) atoms. The van der Waals surface area contributed by atoms with E-state index in [-0.39, 0.29) is 30.0 Å². The van der Waals surface area contributed by atoms with Crippen LogP contribution in [-0.2, 0) is 20.2 Å². The third kappa shape index (κ3) is 4.33. The first-order valence-electron chi connectivity index (χ1n) is 8.40. The average molecular weight is 364 g/mol. The second kappa shape index (κ2) is 8.18. The number of hydrogen-bond acceptors (Lipinski definition) is 5. The van der Waals surface area contributed by atoms with E-state index in [0.29, 0.717) is 11.4 Å². The van der Waals surface area contributed by atoms with Crippen LogP contribution in [0.25, 0.3) is 0 Å². The lowest BCUT2D eigenvalue weighted by molar-refractivity contribution is 0.0936. The predicted octanol–water partition coefficient (Wildman–Crippen LogP) is 1.87. The molecule has 3 aromatic rings. The Bertz CT molecular complexity index is 1000. The molecule has 1 aromatic carbocycles. The standard InChI is InChI=1S/C20H20N4O3/c1-24-11-9-16(25)18(27-13-14-6-3-2-4-7-14)17(24)20(26)23-12-15-8-5-10-22-19(15)21/h2-11H,12-13H2,1H3,(H2,21,22)(H,23,26). The molecule has 1 amide bonds. The first kappa shape index (κ1) is 18.2. The molecule has 0 saturated carbocycles. The minimum Gasteiger partial charge on any atom is -0.483 e. The maximum atomic E-state index is 12.7. The largest absolute Gasteiger partial charge is 0.483 e. The van der Waals surface area contributed by atoms with Crippen LogP contribution in [0.4, 0.5) is 5.82 Å². The fraction of sp³-hybridized carbons (Fsp3) is 0.150. The van der Waals surface area contributed by atoms with Gasteiger partial charge in [0.25, 0.3) is 5.91 Å². The minimum absolute atomic E-state index is 0.0144. The number of hydrogen-bond donors (Lipinski definition) is 2. The number of pyridine rings is 2. The number of nitrogens with two attached hydrogens (primary N) is 1. The van der Waals surface area contributed by atoms with Crippen molar-refractivity contribution in [3.8, 4) is 5.75 Å². The number of anilines is 1. The first-order valence-corrected chi connectivity index (χ1v) is 8.40. The molecule has 0 aliphatic rings. The van der Waals surface area contributed by atoms with Gasteiger partial charge in [-0.25, -0.2) is 4.98 Å². The number of nitrogens with one attached hydrogen (secondary N) is 1. The summed E-state index contributed by atoms with van der Waals surface area (Å²) in [6.07, 6.45) is 3.11. The molecule has 2 aromatic heterocycles. The van der Waals surface area contributed by atoms with Gasteiger partial charge in [0.15, 0.2) is 11.4 Å². The van der Waals surface area contributed by atoms with Gasteiger partial charge in [0.2, 0.25) is 5.43 Å². The maximum absolute atomic E-state index is 12.7. The number of aryl methyl sites for hydroxylation is 1. The monoisotopic (exact) mass is 364 g/mol. The Kier molecular flexibility index (Phi) is 5.51. The third-order valence-corrected chi connectivity index (χ3v) is 4.05. The van der Waals surface area contributed by atoms with Crippen molar-refractivity contribution in [1.29, 1.82) is 0 Å². The molecule has 3 rings (SSSR count). The summed E-state index contributed by atoms with van der Waals surface area (Å²) in [6, 6.07) is 14.3.